The number of benzene rings is 1. The molecular formula is C20H24N4O3. The van der Waals surface area contributed by atoms with Crippen molar-refractivity contribution in [3.8, 4) is 0 Å². The Hall–Kier alpha value is -2.25. The second kappa shape index (κ2) is 6.42. The van der Waals surface area contributed by atoms with Crippen LogP contribution in [0, 0.1) is 11.8 Å². The first-order valence-corrected chi connectivity index (χ1v) is 9.81. The number of hydrogen-bond donors (Lipinski definition) is 3. The summed E-state index contributed by atoms with van der Waals surface area (Å²) in [6.07, 6.45) is 1.99. The molecule has 3 N–H and O–H groups in total. The fourth-order valence-corrected chi connectivity index (χ4v) is 5.12. The molecule has 1 aromatic rings. The van der Waals surface area contributed by atoms with E-state index >= 15 is 0 Å². The van der Waals surface area contributed by atoms with E-state index in [2.05, 4.69) is 22.0 Å². The zero-order valence-electron chi connectivity index (χ0n) is 15.2. The van der Waals surface area contributed by atoms with Crippen LogP contribution in [0.25, 0.3) is 0 Å². The Balaban J connectivity index is 1.32. The summed E-state index contributed by atoms with van der Waals surface area (Å²) in [5.41, 5.74) is 2.84. The summed E-state index contributed by atoms with van der Waals surface area (Å²) in [7, 11) is 0. The van der Waals surface area contributed by atoms with E-state index in [0.29, 0.717) is 36.4 Å². The maximum atomic E-state index is 12.9. The molecule has 3 atom stereocenters. The average Bonchev–Trinajstić information content (AvgIpc) is 3.00. The number of carbonyl (C=O) groups excluding carboxylic acids is 3. The first kappa shape index (κ1) is 16.9. The minimum atomic E-state index is -0.555. The maximum absolute atomic E-state index is 12.9. The van der Waals surface area contributed by atoms with Crippen LogP contribution in [0.15, 0.2) is 18.2 Å². The molecule has 7 nitrogen and oxygen atoms in total. The second-order valence-electron chi connectivity index (χ2n) is 8.16. The molecule has 0 spiro atoms. The van der Waals surface area contributed by atoms with Crippen LogP contribution in [-0.2, 0) is 22.7 Å². The van der Waals surface area contributed by atoms with Gasteiger partial charge in [0, 0.05) is 31.1 Å². The molecule has 0 radical (unpaired) electrons. The van der Waals surface area contributed by atoms with Crippen LogP contribution in [0.2, 0.25) is 0 Å². The Labute approximate surface area is 157 Å². The highest BCUT2D eigenvalue weighted by Crippen LogP contribution is 2.37. The molecule has 1 aromatic carbocycles. The molecule has 1 saturated carbocycles. The van der Waals surface area contributed by atoms with Crippen molar-refractivity contribution in [2.75, 3.05) is 13.1 Å². The van der Waals surface area contributed by atoms with Crippen molar-refractivity contribution in [1.82, 2.24) is 20.9 Å². The van der Waals surface area contributed by atoms with Gasteiger partial charge in [0.1, 0.15) is 6.04 Å². The second-order valence-corrected chi connectivity index (χ2v) is 8.16. The zero-order chi connectivity index (χ0) is 18.5. The number of rotatable bonds is 4. The zero-order valence-corrected chi connectivity index (χ0v) is 15.2. The summed E-state index contributed by atoms with van der Waals surface area (Å²) in [4.78, 5) is 38.1. The van der Waals surface area contributed by atoms with Gasteiger partial charge in [-0.1, -0.05) is 12.1 Å². The standard InChI is InChI=1S/C20H24N4O3/c25-17-5-4-16(19(26)23-17)24-10-15-11(2-1-3-14(15)20(24)27)9-22-18-12-6-13(18)8-21-7-12/h1-3,12-13,16,18,21-22H,4-10H2,(H,23,25,26). The number of amides is 3. The Morgan fingerprint density at radius 3 is 2.70 bits per heavy atom. The number of imide groups is 1. The van der Waals surface area contributed by atoms with Crippen molar-refractivity contribution in [3.05, 3.63) is 34.9 Å². The third kappa shape index (κ3) is 2.76. The normalized spacial score (nSPS) is 32.1. The fourth-order valence-electron chi connectivity index (χ4n) is 5.12. The largest absolute Gasteiger partial charge is 0.322 e. The Morgan fingerprint density at radius 1 is 1.15 bits per heavy atom. The lowest BCUT2D eigenvalue weighted by Crippen LogP contribution is -2.62. The number of piperidine rings is 3. The monoisotopic (exact) mass is 368 g/mol. The van der Waals surface area contributed by atoms with Gasteiger partial charge in [-0.05, 0) is 55.0 Å². The molecule has 3 fully saturated rings. The summed E-state index contributed by atoms with van der Waals surface area (Å²) in [6.45, 7) is 3.36. The Kier molecular flexibility index (Phi) is 4.02. The molecule has 3 amide bonds. The van der Waals surface area contributed by atoms with E-state index in [9.17, 15) is 14.4 Å². The summed E-state index contributed by atoms with van der Waals surface area (Å²) in [5, 5.41) is 9.51. The highest BCUT2D eigenvalue weighted by atomic mass is 16.2. The van der Waals surface area contributed by atoms with Crippen LogP contribution >= 0.6 is 0 Å². The van der Waals surface area contributed by atoms with Crippen LogP contribution in [-0.4, -0.2) is 47.8 Å². The number of nitrogens with one attached hydrogen (secondary N) is 3. The van der Waals surface area contributed by atoms with Gasteiger partial charge in [-0.2, -0.15) is 0 Å². The minimum absolute atomic E-state index is 0.105. The van der Waals surface area contributed by atoms with Crippen molar-refractivity contribution in [1.29, 1.82) is 0 Å². The lowest BCUT2D eigenvalue weighted by atomic mass is 9.67. The van der Waals surface area contributed by atoms with Crippen molar-refractivity contribution >= 4 is 17.7 Å². The van der Waals surface area contributed by atoms with E-state index in [1.54, 1.807) is 4.90 Å². The number of nitrogens with zero attached hydrogens (tertiary/aromatic N) is 1. The van der Waals surface area contributed by atoms with Gasteiger partial charge in [-0.25, -0.2) is 0 Å². The van der Waals surface area contributed by atoms with Crippen LogP contribution in [0.5, 0.6) is 0 Å². The highest BCUT2D eigenvalue weighted by Gasteiger charge is 2.43. The third-order valence-electron chi connectivity index (χ3n) is 6.64. The van der Waals surface area contributed by atoms with Crippen LogP contribution in [0.3, 0.4) is 0 Å². The number of carbonyl (C=O) groups is 3. The van der Waals surface area contributed by atoms with E-state index in [0.717, 1.165) is 30.8 Å². The molecule has 4 aliphatic rings. The van der Waals surface area contributed by atoms with Crippen molar-refractivity contribution in [2.45, 2.75) is 44.4 Å². The molecule has 3 heterocycles. The molecule has 2 saturated heterocycles. The minimum Gasteiger partial charge on any atom is -0.322 e. The van der Waals surface area contributed by atoms with Crippen LogP contribution in [0.1, 0.15) is 40.7 Å². The molecule has 5 rings (SSSR count). The van der Waals surface area contributed by atoms with Gasteiger partial charge in [0.25, 0.3) is 5.91 Å². The predicted octanol–water partition coefficient (Wildman–Crippen LogP) is 0.145. The fraction of sp³-hybridized carbons (Fsp3) is 0.550. The van der Waals surface area contributed by atoms with E-state index < -0.39 is 6.04 Å². The lowest BCUT2D eigenvalue weighted by molar-refractivity contribution is -0.136. The lowest BCUT2D eigenvalue weighted by Gasteiger charge is -2.50. The molecule has 142 valence electrons. The van der Waals surface area contributed by atoms with Gasteiger partial charge in [0.15, 0.2) is 0 Å². The van der Waals surface area contributed by atoms with E-state index in [-0.39, 0.29) is 24.1 Å². The number of fused-ring (bicyclic) bond motifs is 3. The first-order valence-electron chi connectivity index (χ1n) is 9.81. The molecule has 3 aliphatic heterocycles. The SMILES string of the molecule is O=C1CCC(N2Cc3c(CNC4C5CNCC4C5)cccc3C2=O)C(=O)N1. The van der Waals surface area contributed by atoms with Gasteiger partial charge in [0.2, 0.25) is 11.8 Å². The molecule has 1 aliphatic carbocycles. The maximum Gasteiger partial charge on any atom is 0.255 e. The predicted molar refractivity (Wildman–Crippen MR) is 97.6 cm³/mol. The van der Waals surface area contributed by atoms with Crippen molar-refractivity contribution < 1.29 is 14.4 Å². The third-order valence-corrected chi connectivity index (χ3v) is 6.64. The summed E-state index contributed by atoms with van der Waals surface area (Å²) in [5.74, 6) is 0.697. The number of hydrogen-bond acceptors (Lipinski definition) is 5. The topological polar surface area (TPSA) is 90.5 Å². The van der Waals surface area contributed by atoms with Crippen LogP contribution in [0.4, 0.5) is 0 Å². The van der Waals surface area contributed by atoms with Gasteiger partial charge in [0.05, 0.1) is 0 Å². The summed E-state index contributed by atoms with van der Waals surface area (Å²) < 4.78 is 0. The van der Waals surface area contributed by atoms with Crippen molar-refractivity contribution in [3.63, 3.8) is 0 Å². The Bertz CT molecular complexity index is 809. The van der Waals surface area contributed by atoms with Gasteiger partial charge in [-0.15, -0.1) is 0 Å². The van der Waals surface area contributed by atoms with E-state index in [1.807, 2.05) is 12.1 Å². The van der Waals surface area contributed by atoms with E-state index in [4.69, 9.17) is 0 Å². The highest BCUT2D eigenvalue weighted by molar-refractivity contribution is 6.05. The van der Waals surface area contributed by atoms with Gasteiger partial charge >= 0.3 is 0 Å². The first-order chi connectivity index (χ1) is 13.1. The average molecular weight is 368 g/mol. The van der Waals surface area contributed by atoms with Gasteiger partial charge < -0.3 is 15.5 Å². The van der Waals surface area contributed by atoms with Crippen LogP contribution < -0.4 is 16.0 Å². The Morgan fingerprint density at radius 2 is 1.96 bits per heavy atom. The quantitative estimate of drug-likeness (QED) is 0.658. The summed E-state index contributed by atoms with van der Waals surface area (Å²) in [6, 6.07) is 5.84. The molecular weight excluding hydrogens is 344 g/mol. The molecule has 7 heteroatoms. The molecule has 27 heavy (non-hydrogen) atoms. The van der Waals surface area contributed by atoms with E-state index in [1.165, 1.54) is 6.42 Å². The molecule has 0 aromatic heterocycles. The molecule has 2 bridgehead atoms. The smallest absolute Gasteiger partial charge is 0.255 e. The summed E-state index contributed by atoms with van der Waals surface area (Å²) >= 11 is 0. The van der Waals surface area contributed by atoms with Crippen molar-refractivity contribution in [2.24, 2.45) is 11.8 Å². The molecule has 3 unspecified atom stereocenters. The van der Waals surface area contributed by atoms with Gasteiger partial charge in [-0.3, -0.25) is 19.7 Å².